The van der Waals surface area contributed by atoms with Crippen LogP contribution in [0.25, 0.3) is 0 Å². The SMILES string of the molecule is CCc1ccsc1C(=O)NC(C)c1ccccc1N. The number of rotatable bonds is 4. The Morgan fingerprint density at radius 1 is 1.37 bits per heavy atom. The van der Waals surface area contributed by atoms with Gasteiger partial charge in [-0.05, 0) is 42.0 Å². The maximum Gasteiger partial charge on any atom is 0.262 e. The number of thiophene rings is 1. The van der Waals surface area contributed by atoms with E-state index in [0.717, 1.165) is 22.4 Å². The number of benzene rings is 1. The summed E-state index contributed by atoms with van der Waals surface area (Å²) in [6, 6.07) is 9.51. The van der Waals surface area contributed by atoms with Gasteiger partial charge in [-0.15, -0.1) is 11.3 Å². The smallest absolute Gasteiger partial charge is 0.262 e. The quantitative estimate of drug-likeness (QED) is 0.840. The first-order valence-electron chi connectivity index (χ1n) is 6.35. The largest absolute Gasteiger partial charge is 0.398 e. The summed E-state index contributed by atoms with van der Waals surface area (Å²) < 4.78 is 0. The van der Waals surface area contributed by atoms with E-state index in [1.54, 1.807) is 0 Å². The van der Waals surface area contributed by atoms with Gasteiger partial charge in [-0.3, -0.25) is 4.79 Å². The Balaban J connectivity index is 2.13. The van der Waals surface area contributed by atoms with Crippen LogP contribution in [-0.2, 0) is 6.42 Å². The summed E-state index contributed by atoms with van der Waals surface area (Å²) in [4.78, 5) is 13.0. The molecule has 0 radical (unpaired) electrons. The molecule has 100 valence electrons. The summed E-state index contributed by atoms with van der Waals surface area (Å²) in [5.41, 5.74) is 8.67. The molecule has 0 saturated carbocycles. The van der Waals surface area contributed by atoms with Crippen LogP contribution in [0.15, 0.2) is 35.7 Å². The van der Waals surface area contributed by atoms with Crippen molar-refractivity contribution in [1.82, 2.24) is 5.32 Å². The lowest BCUT2D eigenvalue weighted by Gasteiger charge is -2.16. The number of nitrogens with one attached hydrogen (secondary N) is 1. The van der Waals surface area contributed by atoms with Crippen LogP contribution in [0, 0.1) is 0 Å². The highest BCUT2D eigenvalue weighted by Gasteiger charge is 2.16. The first-order valence-corrected chi connectivity index (χ1v) is 7.23. The van der Waals surface area contributed by atoms with E-state index in [0.29, 0.717) is 5.69 Å². The maximum absolute atomic E-state index is 12.2. The minimum atomic E-state index is -0.0968. The van der Waals surface area contributed by atoms with Crippen molar-refractivity contribution < 1.29 is 4.79 Å². The Morgan fingerprint density at radius 2 is 2.11 bits per heavy atom. The fraction of sp³-hybridized carbons (Fsp3) is 0.267. The van der Waals surface area contributed by atoms with Crippen LogP contribution in [0.4, 0.5) is 5.69 Å². The molecule has 1 atom stereocenters. The summed E-state index contributed by atoms with van der Waals surface area (Å²) in [5, 5.41) is 4.96. The van der Waals surface area contributed by atoms with E-state index in [2.05, 4.69) is 12.2 Å². The minimum Gasteiger partial charge on any atom is -0.398 e. The summed E-state index contributed by atoms with van der Waals surface area (Å²) >= 11 is 1.48. The van der Waals surface area contributed by atoms with Crippen LogP contribution in [0.1, 0.15) is 40.7 Å². The lowest BCUT2D eigenvalue weighted by molar-refractivity contribution is 0.0943. The Bertz CT molecular complexity index is 577. The molecular formula is C15H18N2OS. The zero-order valence-corrected chi connectivity index (χ0v) is 12.0. The average molecular weight is 274 g/mol. The minimum absolute atomic E-state index is 0.0254. The number of para-hydroxylation sites is 1. The molecule has 1 aromatic carbocycles. The molecule has 2 aromatic rings. The van der Waals surface area contributed by atoms with Crippen molar-refractivity contribution in [2.24, 2.45) is 0 Å². The Kier molecular flexibility index (Phi) is 4.22. The van der Waals surface area contributed by atoms with Gasteiger partial charge >= 0.3 is 0 Å². The van der Waals surface area contributed by atoms with Gasteiger partial charge in [-0.1, -0.05) is 25.1 Å². The van der Waals surface area contributed by atoms with E-state index in [4.69, 9.17) is 5.73 Å². The number of anilines is 1. The highest BCUT2D eigenvalue weighted by atomic mass is 32.1. The van der Waals surface area contributed by atoms with Crippen molar-refractivity contribution in [3.63, 3.8) is 0 Å². The number of nitrogens with two attached hydrogens (primary N) is 1. The molecule has 0 aliphatic heterocycles. The normalized spacial score (nSPS) is 12.1. The second-order valence-corrected chi connectivity index (χ2v) is 5.37. The van der Waals surface area contributed by atoms with Gasteiger partial charge in [0.05, 0.1) is 10.9 Å². The summed E-state index contributed by atoms with van der Waals surface area (Å²) in [6.45, 7) is 4.00. The van der Waals surface area contributed by atoms with Gasteiger partial charge in [0.1, 0.15) is 0 Å². The highest BCUT2D eigenvalue weighted by Crippen LogP contribution is 2.22. The topological polar surface area (TPSA) is 55.1 Å². The maximum atomic E-state index is 12.2. The molecule has 0 bridgehead atoms. The van der Waals surface area contributed by atoms with Crippen molar-refractivity contribution in [3.05, 3.63) is 51.7 Å². The number of aryl methyl sites for hydroxylation is 1. The lowest BCUT2D eigenvalue weighted by Crippen LogP contribution is -2.27. The van der Waals surface area contributed by atoms with Crippen LogP contribution in [0.3, 0.4) is 0 Å². The molecule has 0 aliphatic rings. The second-order valence-electron chi connectivity index (χ2n) is 4.45. The number of amides is 1. The van der Waals surface area contributed by atoms with Gasteiger partial charge in [-0.2, -0.15) is 0 Å². The molecule has 4 heteroatoms. The van der Waals surface area contributed by atoms with Crippen LogP contribution in [-0.4, -0.2) is 5.91 Å². The zero-order chi connectivity index (χ0) is 13.8. The summed E-state index contributed by atoms with van der Waals surface area (Å²) in [6.07, 6.45) is 0.869. The van der Waals surface area contributed by atoms with Crippen molar-refractivity contribution in [1.29, 1.82) is 0 Å². The van der Waals surface area contributed by atoms with Gasteiger partial charge in [0.2, 0.25) is 0 Å². The summed E-state index contributed by atoms with van der Waals surface area (Å²) in [5.74, 6) is -0.0254. The van der Waals surface area contributed by atoms with E-state index in [1.807, 2.05) is 42.6 Å². The van der Waals surface area contributed by atoms with E-state index in [-0.39, 0.29) is 11.9 Å². The Labute approximate surface area is 117 Å². The standard InChI is InChI=1S/C15H18N2OS/c1-3-11-8-9-19-14(11)15(18)17-10(2)12-6-4-5-7-13(12)16/h4-10H,3,16H2,1-2H3,(H,17,18). The van der Waals surface area contributed by atoms with Gasteiger partial charge in [-0.25, -0.2) is 0 Å². The molecule has 3 N–H and O–H groups in total. The molecule has 1 unspecified atom stereocenters. The van der Waals surface area contributed by atoms with Crippen LogP contribution < -0.4 is 11.1 Å². The zero-order valence-electron chi connectivity index (χ0n) is 11.1. The second kappa shape index (κ2) is 5.89. The molecule has 0 fully saturated rings. The monoisotopic (exact) mass is 274 g/mol. The third-order valence-electron chi connectivity index (χ3n) is 3.14. The molecule has 0 spiro atoms. The molecule has 1 heterocycles. The predicted octanol–water partition coefficient (Wildman–Crippen LogP) is 3.38. The molecule has 1 aromatic heterocycles. The first-order chi connectivity index (χ1) is 9.13. The first kappa shape index (κ1) is 13.6. The molecule has 3 nitrogen and oxygen atoms in total. The van der Waals surface area contributed by atoms with E-state index < -0.39 is 0 Å². The number of nitrogen functional groups attached to an aromatic ring is 1. The molecule has 0 saturated heterocycles. The van der Waals surface area contributed by atoms with E-state index in [1.165, 1.54) is 11.3 Å². The predicted molar refractivity (Wildman–Crippen MR) is 80.4 cm³/mol. The molecule has 0 aliphatic carbocycles. The van der Waals surface area contributed by atoms with E-state index in [9.17, 15) is 4.79 Å². The lowest BCUT2D eigenvalue weighted by atomic mass is 10.1. The average Bonchev–Trinajstić information content (AvgIpc) is 2.87. The fourth-order valence-electron chi connectivity index (χ4n) is 2.06. The fourth-order valence-corrected chi connectivity index (χ4v) is 2.96. The van der Waals surface area contributed by atoms with Gasteiger partial charge in [0.15, 0.2) is 0 Å². The molecule has 2 rings (SSSR count). The van der Waals surface area contributed by atoms with Crippen LogP contribution in [0.2, 0.25) is 0 Å². The molecular weight excluding hydrogens is 256 g/mol. The third-order valence-corrected chi connectivity index (χ3v) is 4.10. The summed E-state index contributed by atoms with van der Waals surface area (Å²) in [7, 11) is 0. The molecule has 19 heavy (non-hydrogen) atoms. The number of hydrogen-bond acceptors (Lipinski definition) is 3. The number of carbonyl (C=O) groups is 1. The van der Waals surface area contributed by atoms with Crippen molar-refractivity contribution in [3.8, 4) is 0 Å². The van der Waals surface area contributed by atoms with Gasteiger partial charge < -0.3 is 11.1 Å². The van der Waals surface area contributed by atoms with Gasteiger partial charge in [0.25, 0.3) is 5.91 Å². The van der Waals surface area contributed by atoms with Crippen molar-refractivity contribution in [2.75, 3.05) is 5.73 Å². The number of carbonyl (C=O) groups excluding carboxylic acids is 1. The Hall–Kier alpha value is -1.81. The van der Waals surface area contributed by atoms with Gasteiger partial charge in [0, 0.05) is 5.69 Å². The molecule has 1 amide bonds. The van der Waals surface area contributed by atoms with Crippen LogP contribution >= 0.6 is 11.3 Å². The third kappa shape index (κ3) is 2.96. The van der Waals surface area contributed by atoms with E-state index >= 15 is 0 Å². The highest BCUT2D eigenvalue weighted by molar-refractivity contribution is 7.12. The number of hydrogen-bond donors (Lipinski definition) is 2. The Morgan fingerprint density at radius 3 is 2.79 bits per heavy atom. The van der Waals surface area contributed by atoms with Crippen LogP contribution in [0.5, 0.6) is 0 Å². The van der Waals surface area contributed by atoms with Crippen molar-refractivity contribution in [2.45, 2.75) is 26.3 Å². The van der Waals surface area contributed by atoms with Crippen molar-refractivity contribution >= 4 is 22.9 Å².